The van der Waals surface area contributed by atoms with Crippen LogP contribution >= 0.6 is 11.6 Å². The van der Waals surface area contributed by atoms with Gasteiger partial charge in [-0.15, -0.1) is 0 Å². The number of aliphatic hydroxyl groups is 1. The summed E-state index contributed by atoms with van der Waals surface area (Å²) in [5.41, 5.74) is 1.17. The molecule has 1 aliphatic carbocycles. The molecule has 4 atom stereocenters. The van der Waals surface area contributed by atoms with Crippen molar-refractivity contribution in [1.29, 1.82) is 0 Å². The maximum absolute atomic E-state index is 13.1. The zero-order valence-corrected chi connectivity index (χ0v) is 24.3. The molecular formula is C26H29AcClO4. The predicted octanol–water partition coefficient (Wildman–Crippen LogP) is 5.41. The van der Waals surface area contributed by atoms with Crippen molar-refractivity contribution in [2.45, 2.75) is 63.8 Å². The fourth-order valence-corrected chi connectivity index (χ4v) is 5.14. The topological polar surface area (TPSA) is 55.8 Å². The third-order valence-corrected chi connectivity index (χ3v) is 6.52. The molecule has 32 heavy (non-hydrogen) atoms. The van der Waals surface area contributed by atoms with Crippen LogP contribution in [0.3, 0.4) is 0 Å². The van der Waals surface area contributed by atoms with Gasteiger partial charge in [-0.1, -0.05) is 67.4 Å². The van der Waals surface area contributed by atoms with E-state index < -0.39 is 11.7 Å². The maximum Gasteiger partial charge on any atom is 0.216 e. The van der Waals surface area contributed by atoms with E-state index in [0.717, 1.165) is 24.2 Å². The Labute approximate surface area is 230 Å². The van der Waals surface area contributed by atoms with Crippen molar-refractivity contribution in [3.05, 3.63) is 70.8 Å². The molecule has 2 aliphatic rings. The summed E-state index contributed by atoms with van der Waals surface area (Å²) in [7, 11) is 0. The average Bonchev–Trinajstić information content (AvgIpc) is 3.24. The van der Waals surface area contributed by atoms with Crippen LogP contribution in [-0.4, -0.2) is 28.7 Å². The Bertz CT molecular complexity index is 989. The van der Waals surface area contributed by atoms with Crippen LogP contribution in [0.4, 0.5) is 0 Å². The summed E-state index contributed by atoms with van der Waals surface area (Å²) in [6.45, 7) is 5.56. The van der Waals surface area contributed by atoms with Crippen LogP contribution in [0.2, 0.25) is 0 Å². The molecule has 0 aromatic heterocycles. The number of Topliss-reactive ketones (excluding diaryl/α,β-unsaturated/α-hetero) is 1. The van der Waals surface area contributed by atoms with Gasteiger partial charge < -0.3 is 14.6 Å². The number of aliphatic hydroxyl groups excluding tert-OH is 1. The van der Waals surface area contributed by atoms with Gasteiger partial charge in [0.25, 0.3) is 0 Å². The first kappa shape index (κ1) is 25.8. The van der Waals surface area contributed by atoms with Gasteiger partial charge in [-0.3, -0.25) is 4.79 Å². The SMILES string of the molecule is CCCc1cccc2c1O[C@H]1C[C@@H](O)[C@H](/C=C(\Cl)C(=O)C(C)(C)Oc3ccccc3)[C@@H]21.[Ac]. The van der Waals surface area contributed by atoms with Crippen molar-refractivity contribution in [2.75, 3.05) is 0 Å². The molecule has 6 heteroatoms. The van der Waals surface area contributed by atoms with Crippen LogP contribution in [0.15, 0.2) is 59.6 Å². The van der Waals surface area contributed by atoms with Gasteiger partial charge in [-0.2, -0.15) is 0 Å². The number of hydrogen-bond donors (Lipinski definition) is 1. The molecule has 1 aliphatic heterocycles. The van der Waals surface area contributed by atoms with Gasteiger partial charge in [0, 0.05) is 67.9 Å². The number of ketones is 1. The second-order valence-electron chi connectivity index (χ2n) is 8.92. The number of halogens is 1. The number of ether oxygens (including phenoxy) is 2. The Morgan fingerprint density at radius 2 is 1.94 bits per heavy atom. The van der Waals surface area contributed by atoms with Gasteiger partial charge in [0.1, 0.15) is 17.6 Å². The summed E-state index contributed by atoms with van der Waals surface area (Å²) in [6, 6.07) is 15.4. The Hall–Kier alpha value is -0.858. The molecular weight excluding hydrogens is 639 g/mol. The van der Waals surface area contributed by atoms with Gasteiger partial charge in [-0.25, -0.2) is 0 Å². The summed E-state index contributed by atoms with van der Waals surface area (Å²) in [4.78, 5) is 13.1. The monoisotopic (exact) mass is 667 g/mol. The Morgan fingerprint density at radius 1 is 1.22 bits per heavy atom. The van der Waals surface area contributed by atoms with Crippen LogP contribution in [0.25, 0.3) is 0 Å². The van der Waals surface area contributed by atoms with Gasteiger partial charge in [0.05, 0.1) is 11.1 Å². The molecule has 0 amide bonds. The standard InChI is InChI=1S/C26H29ClO4.Ac/c1-4-9-16-10-8-13-18-23-19(21(28)15-22(23)30-24(16)18)14-20(27)25(29)26(2,3)31-17-11-6-5-7-12-17;/h5-8,10-14,19,21-23,28H,4,9,15H2,1-3H3;/b20-14-;/t19-,21+,22-,23+;/m0./s1. The van der Waals surface area contributed by atoms with Crippen LogP contribution in [0, 0.1) is 50.0 Å². The minimum Gasteiger partial charge on any atom is -0.489 e. The van der Waals surface area contributed by atoms with E-state index in [9.17, 15) is 9.90 Å². The molecule has 4 nitrogen and oxygen atoms in total. The first-order valence-corrected chi connectivity index (χ1v) is 11.3. The molecule has 1 N–H and O–H groups in total. The molecule has 1 heterocycles. The third kappa shape index (κ3) is 5.12. The van der Waals surface area contributed by atoms with E-state index in [0.29, 0.717) is 12.2 Å². The van der Waals surface area contributed by atoms with Crippen molar-refractivity contribution >= 4 is 17.4 Å². The van der Waals surface area contributed by atoms with Gasteiger partial charge >= 0.3 is 0 Å². The van der Waals surface area contributed by atoms with Gasteiger partial charge in [0.2, 0.25) is 5.78 Å². The van der Waals surface area contributed by atoms with Crippen LogP contribution in [0.5, 0.6) is 11.5 Å². The predicted molar refractivity (Wildman–Crippen MR) is 122 cm³/mol. The number of para-hydroxylation sites is 2. The molecule has 0 spiro atoms. The zero-order chi connectivity index (χ0) is 22.2. The van der Waals surface area contributed by atoms with Crippen molar-refractivity contribution in [3.8, 4) is 11.5 Å². The summed E-state index contributed by atoms with van der Waals surface area (Å²) < 4.78 is 12.2. The summed E-state index contributed by atoms with van der Waals surface area (Å²) in [5.74, 6) is 0.939. The number of carbonyl (C=O) groups excluding carboxylic acids is 1. The summed E-state index contributed by atoms with van der Waals surface area (Å²) in [6.07, 6.45) is 3.51. The van der Waals surface area contributed by atoms with Crippen LogP contribution < -0.4 is 9.47 Å². The number of aryl methyl sites for hydroxylation is 1. The average molecular weight is 668 g/mol. The molecule has 167 valence electrons. The van der Waals surface area contributed by atoms with E-state index in [2.05, 4.69) is 19.1 Å². The number of carbonyl (C=O) groups is 1. The van der Waals surface area contributed by atoms with E-state index in [4.69, 9.17) is 21.1 Å². The number of hydrogen-bond acceptors (Lipinski definition) is 4. The molecule has 0 unspecified atom stereocenters. The number of rotatable bonds is 7. The van der Waals surface area contributed by atoms with Crippen LogP contribution in [0.1, 0.15) is 50.7 Å². The minimum atomic E-state index is -1.13. The molecule has 2 aromatic rings. The Balaban J connectivity index is 0.00000289. The van der Waals surface area contributed by atoms with Crippen LogP contribution in [-0.2, 0) is 11.2 Å². The van der Waals surface area contributed by atoms with Crippen molar-refractivity contribution in [3.63, 3.8) is 0 Å². The summed E-state index contributed by atoms with van der Waals surface area (Å²) >= 11 is 6.51. The molecule has 1 saturated carbocycles. The zero-order valence-electron chi connectivity index (χ0n) is 18.8. The van der Waals surface area contributed by atoms with E-state index >= 15 is 0 Å². The van der Waals surface area contributed by atoms with Crippen molar-refractivity contribution in [2.24, 2.45) is 5.92 Å². The largest absolute Gasteiger partial charge is 0.489 e. The smallest absolute Gasteiger partial charge is 0.216 e. The molecule has 2 aromatic carbocycles. The van der Waals surface area contributed by atoms with Crippen molar-refractivity contribution < 1.29 is 63.4 Å². The second-order valence-corrected chi connectivity index (χ2v) is 9.32. The van der Waals surface area contributed by atoms with E-state index in [1.54, 1.807) is 32.1 Å². The number of fused-ring (bicyclic) bond motifs is 3. The fraction of sp³-hybridized carbons (Fsp3) is 0.423. The third-order valence-electron chi connectivity index (χ3n) is 6.23. The molecule has 0 saturated heterocycles. The molecule has 1 fully saturated rings. The van der Waals surface area contributed by atoms with Gasteiger partial charge in [-0.05, 0) is 38.0 Å². The first-order chi connectivity index (χ1) is 14.8. The summed E-state index contributed by atoms with van der Waals surface area (Å²) in [5, 5.41) is 10.8. The van der Waals surface area contributed by atoms with E-state index in [1.165, 1.54) is 5.56 Å². The number of benzene rings is 2. The second kappa shape index (κ2) is 10.6. The van der Waals surface area contributed by atoms with Crippen molar-refractivity contribution in [1.82, 2.24) is 0 Å². The quantitative estimate of drug-likeness (QED) is 0.402. The molecule has 4 rings (SSSR count). The fourth-order valence-electron chi connectivity index (χ4n) is 4.76. The first-order valence-electron chi connectivity index (χ1n) is 10.9. The molecule has 0 bridgehead atoms. The minimum absolute atomic E-state index is 0. The van der Waals surface area contributed by atoms with E-state index in [-0.39, 0.29) is 72.8 Å². The normalized spacial score (nSPS) is 24.2. The Kier molecular flexibility index (Phi) is 8.53. The Morgan fingerprint density at radius 3 is 2.62 bits per heavy atom. The maximum atomic E-state index is 13.1. The molecule has 1 radical (unpaired) electrons. The van der Waals surface area contributed by atoms with Gasteiger partial charge in [0.15, 0.2) is 5.60 Å². The van der Waals surface area contributed by atoms with E-state index in [1.807, 2.05) is 24.3 Å².